The summed E-state index contributed by atoms with van der Waals surface area (Å²) >= 11 is 0. The van der Waals surface area contributed by atoms with E-state index in [2.05, 4.69) is 30.9 Å². The summed E-state index contributed by atoms with van der Waals surface area (Å²) in [5.74, 6) is 0.737. The fourth-order valence-corrected chi connectivity index (χ4v) is 2.34. The van der Waals surface area contributed by atoms with Gasteiger partial charge in [0.05, 0.1) is 17.6 Å². The van der Waals surface area contributed by atoms with Crippen molar-refractivity contribution in [3.05, 3.63) is 54.1 Å². The van der Waals surface area contributed by atoms with Crippen molar-refractivity contribution in [2.75, 3.05) is 18.4 Å². The average Bonchev–Trinajstić information content (AvgIpc) is 3.00. The molecule has 2 heterocycles. The van der Waals surface area contributed by atoms with E-state index in [1.54, 1.807) is 12.4 Å². The second-order valence-corrected chi connectivity index (χ2v) is 5.48. The van der Waals surface area contributed by atoms with Gasteiger partial charge in [-0.25, -0.2) is 9.78 Å². The molecule has 0 aliphatic heterocycles. The highest BCUT2D eigenvalue weighted by Crippen LogP contribution is 2.12. The van der Waals surface area contributed by atoms with E-state index in [-0.39, 0.29) is 6.03 Å². The number of anilines is 1. The molecule has 3 rings (SSSR count). The van der Waals surface area contributed by atoms with Crippen LogP contribution in [-0.4, -0.2) is 34.1 Å². The number of hydrogen-bond acceptors (Lipinski definition) is 4. The van der Waals surface area contributed by atoms with Crippen LogP contribution in [0.4, 0.5) is 10.5 Å². The van der Waals surface area contributed by atoms with Gasteiger partial charge in [0, 0.05) is 31.2 Å². The number of aromatic amines is 1. The van der Waals surface area contributed by atoms with Crippen LogP contribution < -0.4 is 16.0 Å². The van der Waals surface area contributed by atoms with Crippen molar-refractivity contribution < 1.29 is 4.79 Å². The summed E-state index contributed by atoms with van der Waals surface area (Å²) in [6.45, 7) is 3.55. The maximum absolute atomic E-state index is 11.8. The molecule has 2 aromatic heterocycles. The lowest BCUT2D eigenvalue weighted by Crippen LogP contribution is -2.37. The third-order valence-electron chi connectivity index (χ3n) is 3.52. The minimum Gasteiger partial charge on any atom is -0.383 e. The number of aryl methyl sites for hydroxylation is 1. The van der Waals surface area contributed by atoms with Crippen molar-refractivity contribution in [2.45, 2.75) is 13.5 Å². The van der Waals surface area contributed by atoms with Crippen molar-refractivity contribution in [1.29, 1.82) is 0 Å². The van der Waals surface area contributed by atoms with Gasteiger partial charge in [0.15, 0.2) is 0 Å². The summed E-state index contributed by atoms with van der Waals surface area (Å²) in [4.78, 5) is 23.4. The first-order chi connectivity index (χ1) is 11.7. The standard InChI is InChI=1S/C17H20N6O/c1-12-2-3-14-15(10-12)23-16(22-14)11-21-17(24)20-9-8-19-13-4-6-18-7-5-13/h2-7,10H,8-9,11H2,1H3,(H,18,19)(H,22,23)(H2,20,21,24). The number of rotatable bonds is 6. The Kier molecular flexibility index (Phi) is 4.90. The Morgan fingerprint density at radius 1 is 1.12 bits per heavy atom. The van der Waals surface area contributed by atoms with Crippen LogP contribution in [0.15, 0.2) is 42.7 Å². The summed E-state index contributed by atoms with van der Waals surface area (Å²) < 4.78 is 0. The summed E-state index contributed by atoms with van der Waals surface area (Å²) in [5, 5.41) is 8.78. The highest BCUT2D eigenvalue weighted by molar-refractivity contribution is 5.76. The zero-order valence-electron chi connectivity index (χ0n) is 13.5. The van der Waals surface area contributed by atoms with E-state index >= 15 is 0 Å². The molecule has 2 amide bonds. The van der Waals surface area contributed by atoms with Gasteiger partial charge in [0.25, 0.3) is 0 Å². The number of imidazole rings is 1. The van der Waals surface area contributed by atoms with Gasteiger partial charge >= 0.3 is 6.03 Å². The number of nitrogens with zero attached hydrogens (tertiary/aromatic N) is 2. The molecule has 24 heavy (non-hydrogen) atoms. The Morgan fingerprint density at radius 2 is 1.96 bits per heavy atom. The van der Waals surface area contributed by atoms with E-state index in [0.29, 0.717) is 19.6 Å². The molecule has 7 nitrogen and oxygen atoms in total. The van der Waals surface area contributed by atoms with Crippen LogP contribution in [0.2, 0.25) is 0 Å². The molecule has 1 aromatic carbocycles. The second-order valence-electron chi connectivity index (χ2n) is 5.48. The van der Waals surface area contributed by atoms with Gasteiger partial charge in [0.1, 0.15) is 5.82 Å². The minimum atomic E-state index is -0.219. The number of H-pyrrole nitrogens is 1. The fourth-order valence-electron chi connectivity index (χ4n) is 2.34. The molecule has 0 unspecified atom stereocenters. The molecule has 4 N–H and O–H groups in total. The monoisotopic (exact) mass is 324 g/mol. The smallest absolute Gasteiger partial charge is 0.315 e. The number of carbonyl (C=O) groups is 1. The summed E-state index contributed by atoms with van der Waals surface area (Å²) in [6, 6.07) is 9.56. The third kappa shape index (κ3) is 4.22. The highest BCUT2D eigenvalue weighted by atomic mass is 16.2. The van der Waals surface area contributed by atoms with Crippen LogP contribution >= 0.6 is 0 Å². The first-order valence-corrected chi connectivity index (χ1v) is 7.81. The minimum absolute atomic E-state index is 0.219. The number of nitrogens with one attached hydrogen (secondary N) is 4. The lowest BCUT2D eigenvalue weighted by Gasteiger charge is -2.08. The maximum Gasteiger partial charge on any atom is 0.315 e. The number of hydrogen-bond donors (Lipinski definition) is 4. The Hall–Kier alpha value is -3.09. The average molecular weight is 324 g/mol. The molecule has 0 fully saturated rings. The van der Waals surface area contributed by atoms with Crippen molar-refractivity contribution in [2.24, 2.45) is 0 Å². The normalized spacial score (nSPS) is 10.5. The molecule has 0 aliphatic rings. The van der Waals surface area contributed by atoms with Gasteiger partial charge in [-0.2, -0.15) is 0 Å². The number of urea groups is 1. The van der Waals surface area contributed by atoms with Crippen molar-refractivity contribution >= 4 is 22.8 Å². The number of amides is 2. The van der Waals surface area contributed by atoms with E-state index in [4.69, 9.17) is 0 Å². The van der Waals surface area contributed by atoms with Gasteiger partial charge in [-0.05, 0) is 36.8 Å². The topological polar surface area (TPSA) is 94.7 Å². The Bertz CT molecular complexity index is 814. The zero-order valence-corrected chi connectivity index (χ0v) is 13.5. The number of benzene rings is 1. The SMILES string of the molecule is Cc1ccc2nc(CNC(=O)NCCNc3ccncc3)[nH]c2c1. The van der Waals surface area contributed by atoms with Gasteiger partial charge in [-0.15, -0.1) is 0 Å². The van der Waals surface area contributed by atoms with Crippen molar-refractivity contribution in [1.82, 2.24) is 25.6 Å². The quantitative estimate of drug-likeness (QED) is 0.523. The molecule has 7 heteroatoms. The first kappa shape index (κ1) is 15.8. The van der Waals surface area contributed by atoms with Crippen molar-refractivity contribution in [3.63, 3.8) is 0 Å². The number of aromatic nitrogens is 3. The van der Waals surface area contributed by atoms with Crippen LogP contribution in [0, 0.1) is 6.92 Å². The summed E-state index contributed by atoms with van der Waals surface area (Å²) in [7, 11) is 0. The number of carbonyl (C=O) groups excluding carboxylic acids is 1. The van der Waals surface area contributed by atoms with E-state index in [9.17, 15) is 4.79 Å². The van der Waals surface area contributed by atoms with Gasteiger partial charge in [-0.1, -0.05) is 6.07 Å². The Labute approximate surface area is 139 Å². The molecule has 0 atom stereocenters. The highest BCUT2D eigenvalue weighted by Gasteiger charge is 2.05. The predicted octanol–water partition coefficient (Wildman–Crippen LogP) is 2.18. The van der Waals surface area contributed by atoms with Crippen molar-refractivity contribution in [3.8, 4) is 0 Å². The lowest BCUT2D eigenvalue weighted by molar-refractivity contribution is 0.240. The van der Waals surface area contributed by atoms with E-state index < -0.39 is 0 Å². The molecule has 0 aliphatic carbocycles. The van der Waals surface area contributed by atoms with Crippen LogP contribution in [0.1, 0.15) is 11.4 Å². The molecule has 3 aromatic rings. The summed E-state index contributed by atoms with van der Waals surface area (Å²) in [5.41, 5.74) is 4.03. The van der Waals surface area contributed by atoms with Crippen LogP contribution in [0.3, 0.4) is 0 Å². The molecule has 0 bridgehead atoms. The van der Waals surface area contributed by atoms with Crippen LogP contribution in [-0.2, 0) is 6.54 Å². The summed E-state index contributed by atoms with van der Waals surface area (Å²) in [6.07, 6.45) is 3.44. The Balaban J connectivity index is 1.40. The maximum atomic E-state index is 11.8. The molecule has 0 saturated carbocycles. The van der Waals surface area contributed by atoms with Gasteiger partial charge in [-0.3, -0.25) is 4.98 Å². The van der Waals surface area contributed by atoms with Gasteiger partial charge < -0.3 is 20.9 Å². The fraction of sp³-hybridized carbons (Fsp3) is 0.235. The largest absolute Gasteiger partial charge is 0.383 e. The molecule has 0 radical (unpaired) electrons. The molecule has 0 spiro atoms. The predicted molar refractivity (Wildman–Crippen MR) is 93.8 cm³/mol. The molecule has 124 valence electrons. The van der Waals surface area contributed by atoms with E-state index in [1.807, 2.05) is 37.3 Å². The number of pyridine rings is 1. The van der Waals surface area contributed by atoms with Crippen LogP contribution in [0.25, 0.3) is 11.0 Å². The first-order valence-electron chi connectivity index (χ1n) is 7.81. The molecule has 0 saturated heterocycles. The third-order valence-corrected chi connectivity index (χ3v) is 3.52. The lowest BCUT2D eigenvalue weighted by atomic mass is 10.2. The van der Waals surface area contributed by atoms with Gasteiger partial charge in [0.2, 0.25) is 0 Å². The van der Waals surface area contributed by atoms with E-state index in [0.717, 1.165) is 22.5 Å². The zero-order chi connectivity index (χ0) is 16.8. The second kappa shape index (κ2) is 7.45. The van der Waals surface area contributed by atoms with Crippen LogP contribution in [0.5, 0.6) is 0 Å². The Morgan fingerprint density at radius 3 is 2.79 bits per heavy atom. The molecular weight excluding hydrogens is 304 g/mol. The molecular formula is C17H20N6O. The number of fused-ring (bicyclic) bond motifs is 1. The van der Waals surface area contributed by atoms with E-state index in [1.165, 1.54) is 5.56 Å².